The molecule has 3 aromatic carbocycles. The highest BCUT2D eigenvalue weighted by Gasteiger charge is 2.35. The number of nitrogens with two attached hydrogens (primary N) is 2. The van der Waals surface area contributed by atoms with Crippen LogP contribution in [0.25, 0.3) is 22.3 Å². The van der Waals surface area contributed by atoms with Crippen molar-refractivity contribution in [2.24, 2.45) is 5.41 Å². The lowest BCUT2D eigenvalue weighted by Gasteiger charge is -2.30. The van der Waals surface area contributed by atoms with Crippen molar-refractivity contribution >= 4 is 59.3 Å². The quantitative estimate of drug-likeness (QED) is 0.0682. The fraction of sp³-hybridized carbons (Fsp3) is 0.349. The fourth-order valence-electron chi connectivity index (χ4n) is 6.53. The lowest BCUT2D eigenvalue weighted by Crippen LogP contribution is -2.27. The summed E-state index contributed by atoms with van der Waals surface area (Å²) in [5, 5.41) is 0. The van der Waals surface area contributed by atoms with E-state index in [0.29, 0.717) is 77.9 Å². The van der Waals surface area contributed by atoms with Gasteiger partial charge in [-0.25, -0.2) is 29.9 Å². The SMILES string of the molecule is C[C@H](Cn1cnc2c(N)ncnc21)OCP(=O)(Cl)Oc1ccccc1.Cc1ccccc1COCC(C)(C)CP(=O)(CO[C@H](C)Cn1cnc2c(N)ncnc21)Oc1ccccc1. The summed E-state index contributed by atoms with van der Waals surface area (Å²) >= 11 is 5.96. The van der Waals surface area contributed by atoms with Gasteiger partial charge in [-0.2, -0.15) is 0 Å². The molecule has 4 heterocycles. The van der Waals surface area contributed by atoms with E-state index in [-0.39, 0.29) is 24.9 Å². The Morgan fingerprint density at radius 2 is 1.17 bits per heavy atom. The Kier molecular flexibility index (Phi) is 15.9. The first kappa shape index (κ1) is 47.1. The van der Waals surface area contributed by atoms with Gasteiger partial charge in [0.25, 0.3) is 7.37 Å². The van der Waals surface area contributed by atoms with Gasteiger partial charge in [0.15, 0.2) is 22.9 Å². The van der Waals surface area contributed by atoms with Gasteiger partial charge in [0.05, 0.1) is 51.2 Å². The molecule has 0 radical (unpaired) electrons. The fourth-order valence-corrected chi connectivity index (χ4v) is 10.5. The topological polar surface area (TPSA) is 220 Å². The predicted molar refractivity (Wildman–Crippen MR) is 245 cm³/mol. The van der Waals surface area contributed by atoms with Crippen LogP contribution in [0.2, 0.25) is 0 Å². The molecule has 334 valence electrons. The summed E-state index contributed by atoms with van der Waals surface area (Å²) in [6.45, 7) is 8.29. The van der Waals surface area contributed by atoms with Crippen LogP contribution < -0.4 is 20.5 Å². The molecule has 0 amide bonds. The zero-order chi connectivity index (χ0) is 45.0. The van der Waals surface area contributed by atoms with Crippen LogP contribution in [-0.4, -0.2) is 76.7 Å². The summed E-state index contributed by atoms with van der Waals surface area (Å²) < 4.78 is 59.3. The second kappa shape index (κ2) is 21.3. The molecule has 2 unspecified atom stereocenters. The van der Waals surface area contributed by atoms with Crippen molar-refractivity contribution < 1.29 is 32.4 Å². The number of fused-ring (bicyclic) bond motifs is 2. The maximum absolute atomic E-state index is 14.2. The van der Waals surface area contributed by atoms with Crippen molar-refractivity contribution in [3.63, 3.8) is 0 Å². The number of para-hydroxylation sites is 2. The highest BCUT2D eigenvalue weighted by Crippen LogP contribution is 2.53. The molecule has 0 fully saturated rings. The molecule has 7 aromatic rings. The minimum absolute atomic E-state index is 0.0337. The Labute approximate surface area is 371 Å². The van der Waals surface area contributed by atoms with E-state index >= 15 is 0 Å². The van der Waals surface area contributed by atoms with Crippen LogP contribution in [0.3, 0.4) is 0 Å². The summed E-state index contributed by atoms with van der Waals surface area (Å²) in [5.74, 6) is 1.63. The molecule has 17 nitrogen and oxygen atoms in total. The van der Waals surface area contributed by atoms with Gasteiger partial charge in [0.1, 0.15) is 47.9 Å². The van der Waals surface area contributed by atoms with Crippen LogP contribution >= 0.6 is 25.3 Å². The molecular formula is C43H53ClN10O7P2. The molecular weight excluding hydrogens is 866 g/mol. The number of hydrogen-bond donors (Lipinski definition) is 2. The molecule has 4 N–H and O–H groups in total. The van der Waals surface area contributed by atoms with Crippen molar-refractivity contribution in [3.05, 3.63) is 121 Å². The number of halogens is 1. The van der Waals surface area contributed by atoms with E-state index in [1.807, 2.05) is 68.7 Å². The van der Waals surface area contributed by atoms with Gasteiger partial charge in [-0.15, -0.1) is 0 Å². The Hall–Kier alpha value is -5.41. The van der Waals surface area contributed by atoms with E-state index < -0.39 is 19.5 Å². The number of nitrogen functional groups attached to an aromatic ring is 2. The van der Waals surface area contributed by atoms with Crippen LogP contribution in [0.1, 0.15) is 38.8 Å². The Morgan fingerprint density at radius 1 is 0.683 bits per heavy atom. The maximum atomic E-state index is 14.2. The van der Waals surface area contributed by atoms with Gasteiger partial charge in [-0.1, -0.05) is 74.5 Å². The van der Waals surface area contributed by atoms with Crippen LogP contribution in [-0.2, 0) is 43.0 Å². The Balaban J connectivity index is 0.000000228. The third-order valence-electron chi connectivity index (χ3n) is 9.52. The lowest BCUT2D eigenvalue weighted by molar-refractivity contribution is 0.0572. The molecule has 0 bridgehead atoms. The molecule has 20 heteroatoms. The number of ether oxygens (including phenoxy) is 3. The maximum Gasteiger partial charge on any atom is 0.361 e. The molecule has 0 aliphatic heterocycles. The molecule has 0 aliphatic carbocycles. The van der Waals surface area contributed by atoms with Crippen LogP contribution in [0.5, 0.6) is 11.5 Å². The molecule has 0 aliphatic rings. The molecule has 7 rings (SSSR count). The normalized spacial score (nSPS) is 14.6. The second-order valence-corrected chi connectivity index (χ2v) is 21.4. The predicted octanol–water partition coefficient (Wildman–Crippen LogP) is 8.96. The van der Waals surface area contributed by atoms with Gasteiger partial charge >= 0.3 is 6.72 Å². The van der Waals surface area contributed by atoms with Crippen LogP contribution in [0.15, 0.2) is 110 Å². The zero-order valence-electron chi connectivity index (χ0n) is 35.9. The first-order valence-corrected chi connectivity index (χ1v) is 24.8. The van der Waals surface area contributed by atoms with Crippen molar-refractivity contribution in [3.8, 4) is 11.5 Å². The molecule has 4 atom stereocenters. The van der Waals surface area contributed by atoms with Gasteiger partial charge in [-0.05, 0) is 72.8 Å². The van der Waals surface area contributed by atoms with E-state index in [4.69, 9.17) is 46.0 Å². The summed E-state index contributed by atoms with van der Waals surface area (Å²) in [6, 6.07) is 26.1. The highest BCUT2D eigenvalue weighted by atomic mass is 35.7. The monoisotopic (exact) mass is 918 g/mol. The van der Waals surface area contributed by atoms with Crippen LogP contribution in [0.4, 0.5) is 11.6 Å². The smallest absolute Gasteiger partial charge is 0.361 e. The summed E-state index contributed by atoms with van der Waals surface area (Å²) in [7, 11) is -3.26. The summed E-state index contributed by atoms with van der Waals surface area (Å²) in [4.78, 5) is 24.8. The average Bonchev–Trinajstić information content (AvgIpc) is 3.86. The highest BCUT2D eigenvalue weighted by molar-refractivity contribution is 7.85. The number of aromatic nitrogens is 8. The second-order valence-electron chi connectivity index (χ2n) is 15.8. The zero-order valence-corrected chi connectivity index (χ0v) is 38.4. The number of nitrogens with zero attached hydrogens (tertiary/aromatic N) is 8. The Morgan fingerprint density at radius 3 is 1.71 bits per heavy atom. The average molecular weight is 919 g/mol. The van der Waals surface area contributed by atoms with Crippen molar-refractivity contribution in [1.29, 1.82) is 0 Å². The van der Waals surface area contributed by atoms with Gasteiger partial charge in [0.2, 0.25) is 0 Å². The van der Waals surface area contributed by atoms with E-state index in [1.165, 1.54) is 18.2 Å². The minimum atomic E-state index is -3.43. The lowest BCUT2D eigenvalue weighted by atomic mass is 9.98. The third kappa shape index (κ3) is 13.8. The third-order valence-corrected chi connectivity index (χ3v) is 13.4. The van der Waals surface area contributed by atoms with Gasteiger partial charge in [0, 0.05) is 6.16 Å². The number of anilines is 2. The van der Waals surface area contributed by atoms with E-state index in [1.54, 1.807) is 53.6 Å². The number of benzene rings is 3. The summed E-state index contributed by atoms with van der Waals surface area (Å²) in [6.07, 6.45) is 5.53. The van der Waals surface area contributed by atoms with Crippen molar-refractivity contribution in [2.45, 2.75) is 66.5 Å². The van der Waals surface area contributed by atoms with E-state index in [2.05, 4.69) is 49.0 Å². The standard InChI is InChI=1S/C28H36N5O4P.C15H17ClN5O3P/c1-21-10-8-9-11-23(21)15-35-16-28(3,4)17-38(34,37-24-12-6-5-7-13-24)20-36-22(2)14-33-19-32-25-26(29)30-18-31-27(25)33;1-11(7-21-9-20-13-14(17)18-8-19-15(13)21)23-10-25(16,22)24-12-5-3-2-4-6-12/h5-13,18-19,22H,14-17,20H2,1-4H3,(H2,29,30,31);2-6,8-9,11H,7,10H2,1H3,(H2,17,18,19)/t22-,38?;11-,25?/m11/s1. The van der Waals surface area contributed by atoms with Crippen LogP contribution in [0, 0.1) is 12.3 Å². The first-order chi connectivity index (χ1) is 30.1. The number of hydrogen-bond acceptors (Lipinski definition) is 15. The molecule has 0 saturated heterocycles. The first-order valence-electron chi connectivity index (χ1n) is 20.1. The van der Waals surface area contributed by atoms with Gasteiger partial charge in [-0.3, -0.25) is 9.13 Å². The Bertz CT molecular complexity index is 2650. The largest absolute Gasteiger partial charge is 0.441 e. The van der Waals surface area contributed by atoms with Gasteiger partial charge < -0.3 is 43.9 Å². The molecule has 0 spiro atoms. The molecule has 4 aromatic heterocycles. The van der Waals surface area contributed by atoms with E-state index in [9.17, 15) is 9.13 Å². The van der Waals surface area contributed by atoms with Crippen molar-refractivity contribution in [1.82, 2.24) is 39.0 Å². The van der Waals surface area contributed by atoms with E-state index in [0.717, 1.165) is 5.56 Å². The molecule has 63 heavy (non-hydrogen) atoms. The summed E-state index contributed by atoms with van der Waals surface area (Å²) in [5.41, 5.74) is 15.9. The minimum Gasteiger partial charge on any atom is -0.441 e. The number of aryl methyl sites for hydroxylation is 1. The number of rotatable bonds is 20. The number of imidazole rings is 2. The molecule has 0 saturated carbocycles. The van der Waals surface area contributed by atoms with Crippen molar-refractivity contribution in [2.75, 3.05) is 36.9 Å².